The predicted molar refractivity (Wildman–Crippen MR) is 142 cm³/mol. The molecule has 8 nitrogen and oxygen atoms in total. The maximum Gasteiger partial charge on any atom is 0.271 e. The predicted octanol–water partition coefficient (Wildman–Crippen LogP) is 5.09. The molecule has 196 valence electrons. The lowest BCUT2D eigenvalue weighted by atomic mass is 9.86. The van der Waals surface area contributed by atoms with E-state index in [0.29, 0.717) is 24.3 Å². The molecule has 1 fully saturated rings. The number of halogens is 1. The number of hydrogen-bond donors (Lipinski definition) is 2. The molecular formula is C25H33FN4O4S2. The summed E-state index contributed by atoms with van der Waals surface area (Å²) in [6.45, 7) is 0.806. The Kier molecular flexibility index (Phi) is 9.86. The summed E-state index contributed by atoms with van der Waals surface area (Å²) in [7, 11) is -0.420. The fraction of sp³-hybridized carbons (Fsp3) is 0.480. The van der Waals surface area contributed by atoms with Crippen molar-refractivity contribution in [1.29, 1.82) is 0 Å². The SMILES string of the molecule is CN(C)CC[C@H](CSc1ccccc1)Nc1ccc(S(=O)(=O)NC(=O)C2(F)CCCCC2)cc1N=O. The molecule has 0 aromatic heterocycles. The van der Waals surface area contributed by atoms with E-state index in [1.807, 2.05) is 49.1 Å². The molecule has 2 aromatic carbocycles. The van der Waals surface area contributed by atoms with E-state index in [9.17, 15) is 22.5 Å². The summed E-state index contributed by atoms with van der Waals surface area (Å²) in [5.74, 6) is -0.447. The van der Waals surface area contributed by atoms with E-state index in [-0.39, 0.29) is 29.5 Å². The van der Waals surface area contributed by atoms with Crippen LogP contribution in [0.15, 0.2) is 63.5 Å². The van der Waals surface area contributed by atoms with Gasteiger partial charge in [-0.15, -0.1) is 16.7 Å². The van der Waals surface area contributed by atoms with E-state index in [1.165, 1.54) is 12.1 Å². The first kappa shape index (κ1) is 28.1. The number of rotatable bonds is 12. The lowest BCUT2D eigenvalue weighted by Crippen LogP contribution is -2.46. The number of hydrogen-bond acceptors (Lipinski definition) is 8. The highest BCUT2D eigenvalue weighted by Gasteiger charge is 2.41. The zero-order chi connectivity index (χ0) is 26.2. The fourth-order valence-corrected chi connectivity index (χ4v) is 6.08. The lowest BCUT2D eigenvalue weighted by molar-refractivity contribution is -0.133. The second kappa shape index (κ2) is 12.6. The van der Waals surface area contributed by atoms with Gasteiger partial charge in [0.1, 0.15) is 5.69 Å². The van der Waals surface area contributed by atoms with Crippen molar-refractivity contribution in [2.75, 3.05) is 31.7 Å². The number of thioether (sulfide) groups is 1. The minimum Gasteiger partial charge on any atom is -0.380 e. The molecular weight excluding hydrogens is 503 g/mol. The number of nitrogens with one attached hydrogen (secondary N) is 2. The summed E-state index contributed by atoms with van der Waals surface area (Å²) in [5, 5.41) is 6.33. The molecule has 1 atom stereocenters. The molecule has 11 heteroatoms. The van der Waals surface area contributed by atoms with Gasteiger partial charge in [-0.25, -0.2) is 17.5 Å². The smallest absolute Gasteiger partial charge is 0.271 e. The number of anilines is 1. The van der Waals surface area contributed by atoms with Crippen LogP contribution >= 0.6 is 11.8 Å². The molecule has 1 aliphatic rings. The number of sulfonamides is 1. The molecule has 2 N–H and O–H groups in total. The van der Waals surface area contributed by atoms with Gasteiger partial charge in [-0.3, -0.25) is 4.79 Å². The molecule has 0 saturated heterocycles. The Morgan fingerprint density at radius 2 is 1.83 bits per heavy atom. The van der Waals surface area contributed by atoms with Crippen LogP contribution in [0.4, 0.5) is 15.8 Å². The van der Waals surface area contributed by atoms with Gasteiger partial charge in [0, 0.05) is 16.7 Å². The molecule has 0 spiro atoms. The lowest BCUT2D eigenvalue weighted by Gasteiger charge is -2.27. The monoisotopic (exact) mass is 536 g/mol. The first-order chi connectivity index (χ1) is 17.1. The highest BCUT2D eigenvalue weighted by molar-refractivity contribution is 7.99. The zero-order valence-electron chi connectivity index (χ0n) is 20.6. The van der Waals surface area contributed by atoms with E-state index in [2.05, 4.69) is 15.4 Å². The fourth-order valence-electron chi connectivity index (χ4n) is 4.03. The number of alkyl halides is 1. The van der Waals surface area contributed by atoms with Gasteiger partial charge in [-0.1, -0.05) is 24.6 Å². The van der Waals surface area contributed by atoms with Crippen LogP contribution in [0.3, 0.4) is 0 Å². The van der Waals surface area contributed by atoms with Crippen LogP contribution in [0, 0.1) is 4.91 Å². The molecule has 3 rings (SSSR count). The van der Waals surface area contributed by atoms with Crippen LogP contribution in [-0.2, 0) is 14.8 Å². The summed E-state index contributed by atoms with van der Waals surface area (Å²) in [6.07, 6.45) is 2.64. The Balaban J connectivity index is 1.75. The summed E-state index contributed by atoms with van der Waals surface area (Å²) in [4.78, 5) is 26.9. The summed E-state index contributed by atoms with van der Waals surface area (Å²) >= 11 is 1.67. The second-order valence-electron chi connectivity index (χ2n) is 9.29. The van der Waals surface area contributed by atoms with Crippen LogP contribution < -0.4 is 10.0 Å². The van der Waals surface area contributed by atoms with Gasteiger partial charge in [0.2, 0.25) is 0 Å². The average Bonchev–Trinajstić information content (AvgIpc) is 2.86. The van der Waals surface area contributed by atoms with E-state index >= 15 is 0 Å². The molecule has 1 amide bonds. The van der Waals surface area contributed by atoms with Gasteiger partial charge in [-0.2, -0.15) is 0 Å². The van der Waals surface area contributed by atoms with E-state index in [1.54, 1.807) is 11.8 Å². The van der Waals surface area contributed by atoms with Gasteiger partial charge in [0.15, 0.2) is 5.67 Å². The molecule has 36 heavy (non-hydrogen) atoms. The van der Waals surface area contributed by atoms with Crippen molar-refractivity contribution >= 4 is 39.1 Å². The molecule has 0 radical (unpaired) electrons. The number of nitrogens with zero attached hydrogens (tertiary/aromatic N) is 2. The standard InChI is InChI=1S/C25H33FN4O4S2/c1-30(2)16-13-19(18-35-20-9-5-3-6-10-20)27-22-12-11-21(17-23(22)28-32)36(33,34)29-24(31)25(26)14-7-4-8-15-25/h3,5-6,9-12,17,19,27H,4,7-8,13-16,18H2,1-2H3,(H,29,31)/t19-/m1/s1. The summed E-state index contributed by atoms with van der Waals surface area (Å²) in [5.41, 5.74) is -1.91. The number of nitroso groups, excluding NO2 is 1. The van der Waals surface area contributed by atoms with Crippen LogP contribution in [0.2, 0.25) is 0 Å². The van der Waals surface area contributed by atoms with Crippen LogP contribution in [-0.4, -0.2) is 57.3 Å². The largest absolute Gasteiger partial charge is 0.380 e. The maximum atomic E-state index is 14.9. The van der Waals surface area contributed by atoms with Crippen molar-refractivity contribution in [1.82, 2.24) is 9.62 Å². The molecule has 0 bridgehead atoms. The normalized spacial score (nSPS) is 16.3. The first-order valence-electron chi connectivity index (χ1n) is 12.0. The Labute approximate surface area is 216 Å². The van der Waals surface area contributed by atoms with E-state index < -0.39 is 21.6 Å². The maximum absolute atomic E-state index is 14.9. The van der Waals surface area contributed by atoms with Crippen LogP contribution in [0.25, 0.3) is 0 Å². The highest BCUT2D eigenvalue weighted by Crippen LogP contribution is 2.33. The first-order valence-corrected chi connectivity index (χ1v) is 14.4. The van der Waals surface area contributed by atoms with Crippen molar-refractivity contribution in [3.8, 4) is 0 Å². The van der Waals surface area contributed by atoms with Crippen molar-refractivity contribution in [3.63, 3.8) is 0 Å². The Morgan fingerprint density at radius 1 is 1.14 bits per heavy atom. The summed E-state index contributed by atoms with van der Waals surface area (Å²) in [6, 6.07) is 13.7. The third-order valence-corrected chi connectivity index (χ3v) is 8.64. The minimum absolute atomic E-state index is 0.00627. The van der Waals surface area contributed by atoms with Crippen molar-refractivity contribution in [2.45, 2.75) is 60.0 Å². The van der Waals surface area contributed by atoms with Gasteiger partial charge in [0.25, 0.3) is 15.9 Å². The van der Waals surface area contributed by atoms with E-state index in [0.717, 1.165) is 30.3 Å². The Hall–Kier alpha value is -2.50. The highest BCUT2D eigenvalue weighted by atomic mass is 32.2. The molecule has 1 saturated carbocycles. The quantitative estimate of drug-likeness (QED) is 0.287. The number of amides is 1. The van der Waals surface area contributed by atoms with Gasteiger partial charge in [0.05, 0.1) is 10.6 Å². The number of carbonyl (C=O) groups excluding carboxylic acids is 1. The van der Waals surface area contributed by atoms with Gasteiger partial charge in [-0.05, 0) is 88.3 Å². The van der Waals surface area contributed by atoms with Crippen LogP contribution in [0.5, 0.6) is 0 Å². The topological polar surface area (TPSA) is 108 Å². The Bertz CT molecular complexity index is 1140. The minimum atomic E-state index is -4.37. The molecule has 2 aromatic rings. The molecule has 0 heterocycles. The summed E-state index contributed by atoms with van der Waals surface area (Å²) < 4.78 is 42.4. The second-order valence-corrected chi connectivity index (χ2v) is 12.1. The van der Waals surface area contributed by atoms with Crippen molar-refractivity contribution in [2.24, 2.45) is 5.18 Å². The number of carbonyl (C=O) groups is 1. The Morgan fingerprint density at radius 3 is 2.47 bits per heavy atom. The molecule has 0 aliphatic heterocycles. The third kappa shape index (κ3) is 7.75. The van der Waals surface area contributed by atoms with Gasteiger partial charge >= 0.3 is 0 Å². The van der Waals surface area contributed by atoms with E-state index in [4.69, 9.17) is 0 Å². The molecule has 1 aliphatic carbocycles. The van der Waals surface area contributed by atoms with Crippen molar-refractivity contribution < 1.29 is 17.6 Å². The van der Waals surface area contributed by atoms with Crippen molar-refractivity contribution in [3.05, 3.63) is 53.4 Å². The van der Waals surface area contributed by atoms with Gasteiger partial charge < -0.3 is 10.2 Å². The van der Waals surface area contributed by atoms with Crippen LogP contribution in [0.1, 0.15) is 38.5 Å². The zero-order valence-corrected chi connectivity index (χ0v) is 22.2. The number of benzene rings is 2. The third-order valence-electron chi connectivity index (χ3n) is 6.14. The molecule has 0 unspecified atom stereocenters. The average molecular weight is 537 g/mol.